The Hall–Kier alpha value is -4.76. The Balaban J connectivity index is -0.000000500. The first kappa shape index (κ1) is 94.6. The van der Waals surface area contributed by atoms with Gasteiger partial charge in [-0.1, -0.05) is 106 Å². The number of imide groups is 3. The Morgan fingerprint density at radius 2 is 1.00 bits per heavy atom. The van der Waals surface area contributed by atoms with E-state index in [9.17, 15) is 76.7 Å². The molecule has 5 heterocycles. The fourth-order valence-electron chi connectivity index (χ4n) is 6.47. The summed E-state index contributed by atoms with van der Waals surface area (Å²) in [4.78, 5) is 124. The topological polar surface area (TPSA) is 427 Å². The van der Waals surface area contributed by atoms with Crippen LogP contribution in [-0.2, 0) is 23.1 Å². The van der Waals surface area contributed by atoms with E-state index < -0.39 is 47.3 Å². The second-order valence-corrected chi connectivity index (χ2v) is 32.1. The van der Waals surface area contributed by atoms with Gasteiger partial charge in [0.1, 0.15) is 26.0 Å². The van der Waals surface area contributed by atoms with Gasteiger partial charge in [-0.15, -0.1) is 0 Å². The number of carbonyl (C=O) groups is 9. The van der Waals surface area contributed by atoms with Crippen molar-refractivity contribution in [3.63, 3.8) is 0 Å². The molecule has 5 atom stereocenters. The quantitative estimate of drug-likeness (QED) is 0.0149. The molecule has 5 unspecified atom stereocenters. The van der Waals surface area contributed by atoms with Gasteiger partial charge in [0.05, 0.1) is 59.7 Å². The molecule has 3 aliphatic rings. The van der Waals surface area contributed by atoms with Gasteiger partial charge in [-0.05, 0) is 99.2 Å². The maximum absolute atomic E-state index is 12.1. The Bertz CT molecular complexity index is 3200. The van der Waals surface area contributed by atoms with Crippen LogP contribution in [0.5, 0.6) is 0 Å². The normalized spacial score (nSPS) is 14.1. The van der Waals surface area contributed by atoms with Crippen molar-refractivity contribution in [3.8, 4) is 0 Å². The van der Waals surface area contributed by atoms with Crippen LogP contribution >= 0.6 is 45.6 Å². The number of aliphatic hydroxyl groups is 1. The third-order valence-electron chi connectivity index (χ3n) is 11.8. The van der Waals surface area contributed by atoms with Crippen LogP contribution in [0.25, 0.3) is 0 Å². The number of amides is 8. The van der Waals surface area contributed by atoms with Crippen LogP contribution in [0, 0.1) is 11.8 Å². The van der Waals surface area contributed by atoms with Crippen LogP contribution in [0.4, 0.5) is 0 Å². The van der Waals surface area contributed by atoms with E-state index in [0.717, 1.165) is 17.9 Å². The van der Waals surface area contributed by atoms with E-state index in [1.54, 1.807) is 112 Å². The molecule has 34 heteroatoms. The number of hydrogen-bond donors (Lipinski definition) is 7. The van der Waals surface area contributed by atoms with Crippen LogP contribution < -0.4 is 90.7 Å². The zero-order chi connectivity index (χ0) is 69.4. The fraction of sp³-hybridized carbons (Fsp3) is 0.407. The molecule has 93 heavy (non-hydrogen) atoms. The van der Waals surface area contributed by atoms with E-state index >= 15 is 0 Å². The maximum atomic E-state index is 12.1. The smallest absolute Gasteiger partial charge is 0.799 e. The molecule has 0 saturated carbocycles. The first-order valence-corrected chi connectivity index (χ1v) is 37.4. The number of fused-ring (bicyclic) bond motifs is 3. The molecule has 27 nitrogen and oxygen atoms in total. The van der Waals surface area contributed by atoms with Crippen molar-refractivity contribution in [2.24, 2.45) is 17.6 Å². The monoisotopic (exact) mass is 1460 g/mol. The zero-order valence-corrected chi connectivity index (χ0v) is 63.3. The number of aliphatic hydroxyl groups excluding tert-OH is 1. The molecule has 0 bridgehead atoms. The third kappa shape index (κ3) is 34.2. The van der Waals surface area contributed by atoms with Gasteiger partial charge in [-0.2, -0.15) is 0 Å². The summed E-state index contributed by atoms with van der Waals surface area (Å²) in [7, 11) is -10.2. The van der Waals surface area contributed by atoms with Crippen molar-refractivity contribution < 1.29 is 155 Å². The summed E-state index contributed by atoms with van der Waals surface area (Å²) in [5, 5.41) is 32.6. The van der Waals surface area contributed by atoms with E-state index in [4.69, 9.17) is 20.2 Å². The number of nitrogens with zero attached hydrogens (tertiary/aromatic N) is 3. The molecule has 8 amide bonds. The Morgan fingerprint density at radius 3 is 1.27 bits per heavy atom. The number of hydrogen-bond acceptors (Lipinski definition) is 22. The van der Waals surface area contributed by atoms with Crippen LogP contribution in [-0.4, -0.2) is 180 Å². The number of nitrogens with one attached hydrogen (secondary N) is 3. The van der Waals surface area contributed by atoms with Gasteiger partial charge in [0.25, 0.3) is 35.4 Å². The summed E-state index contributed by atoms with van der Waals surface area (Å²) in [6.07, 6.45) is 2.63. The molecule has 5 aromatic rings. The zero-order valence-electron chi connectivity index (χ0n) is 54.1. The van der Waals surface area contributed by atoms with Gasteiger partial charge in [-0.3, -0.25) is 69.2 Å². The molecule has 0 radical (unpaired) electrons. The number of rotatable bonds is 15. The van der Waals surface area contributed by atoms with Crippen LogP contribution in [0.15, 0.2) is 118 Å². The molecule has 0 aliphatic carbocycles. The summed E-state index contributed by atoms with van der Waals surface area (Å²) < 4.78 is 52.3. The average Bonchev–Trinajstić information content (AvgIpc) is 1.65. The van der Waals surface area contributed by atoms with E-state index in [1.165, 1.54) is 52.7 Å². The van der Waals surface area contributed by atoms with E-state index in [-0.39, 0.29) is 151 Å². The molecule has 3 aromatic carbocycles. The molecule has 8 N–H and O–H groups in total. The first-order chi connectivity index (χ1) is 41.9. The number of furan rings is 2. The summed E-state index contributed by atoms with van der Waals surface area (Å²) in [6.45, 7) is 22.9. The van der Waals surface area contributed by atoms with Crippen molar-refractivity contribution in [1.82, 2.24) is 31.0 Å². The predicted octanol–water partition coefficient (Wildman–Crippen LogP) is 1.62. The Morgan fingerprint density at radius 1 is 0.656 bits per heavy atom. The summed E-state index contributed by atoms with van der Waals surface area (Å²) in [6, 6.07) is 26.4. The van der Waals surface area contributed by atoms with Crippen LogP contribution in [0.2, 0.25) is 0 Å². The van der Waals surface area contributed by atoms with Gasteiger partial charge in [0.15, 0.2) is 11.5 Å². The van der Waals surface area contributed by atoms with Crippen molar-refractivity contribution in [1.29, 1.82) is 0 Å². The minimum atomic E-state index is -3.85. The summed E-state index contributed by atoms with van der Waals surface area (Å²) in [5.74, 6) is -3.32. The molecule has 0 saturated heterocycles. The SMILES string of the molecule is C.C=O.CC(C)CBr.CC(C)CN1C(=O)c2ccccc2C1=O.CC(CN)P(C)(=O)[O-].CC(CN1C(=O)c2ccccc2C1=O)P(C)(C)=O.CP(=O)([O-])C(O)CNCN(O)C(=O)c1ccco1.C[P+](C)=O.O=C(NO)c1ccco1.O=C1NC(=O)c2ccccc21.[Na+].[Na+]. The molecule has 2 aromatic heterocycles. The summed E-state index contributed by atoms with van der Waals surface area (Å²) >= 11 is 3.31. The molecular weight excluding hydrogens is 1380 g/mol. The number of benzene rings is 3. The minimum Gasteiger partial charge on any atom is -0.799 e. The van der Waals surface area contributed by atoms with Crippen LogP contribution in [0.3, 0.4) is 0 Å². The molecule has 0 fully saturated rings. The van der Waals surface area contributed by atoms with Crippen molar-refractivity contribution in [2.45, 2.75) is 66.1 Å². The molecular formula is C59H85BrN7Na2O20P4+. The van der Waals surface area contributed by atoms with Gasteiger partial charge < -0.3 is 48.0 Å². The standard InChI is InChI=1S/C13H16NO3P.C12H13NO2.C9H15N2O6P.C8H5NO2.C5H5NO3.C4H9Br.C4H12NO2P.C2H6OP.CH2O.CH4.2Na/c1-9(18(2,3)17)8-14-12(15)10-6-4-5-7-11(10)13(14)16;1-8(2)7-13-11(14)9-5-3-4-6-10(9)12(13)15;1-18(15,16)8(12)5-10-6-11(14)9(13)7-3-2-4-17-7;10-7-5-3-1-2-4-6(5)8(11)9-7;7-5(6-8)4-2-1-3-9-4;1-4(2)3-5;1-4(3-5)8(2,6)7;1-4(2)3;1-2;;;/h4-7,9H,8H2,1-3H3;3-6,8H,7H2,1-2H3;2-4,8,10,12,14H,5-6H2,1H3,(H,15,16);1-4H,(H,9,10,11);1-3,8H,(H,6,7);4H,3H2,1-2H3;4H,3,5H2,1-2H3,(H,6,7);1-2H3;1H2;1H4;;/q;;;;;;;+1;;;2*+1/p-2. The number of hydroxylamine groups is 3. The molecule has 504 valence electrons. The molecule has 8 rings (SSSR count). The van der Waals surface area contributed by atoms with Crippen molar-refractivity contribution >= 4 is 99.7 Å². The van der Waals surface area contributed by atoms with E-state index in [2.05, 4.69) is 44.8 Å². The molecule has 0 spiro atoms. The van der Waals surface area contributed by atoms with Gasteiger partial charge in [-0.25, -0.2) is 10.5 Å². The van der Waals surface area contributed by atoms with E-state index in [0.29, 0.717) is 50.9 Å². The van der Waals surface area contributed by atoms with Crippen LogP contribution in [0.1, 0.15) is 132 Å². The number of halogens is 1. The van der Waals surface area contributed by atoms with Crippen molar-refractivity contribution in [2.75, 3.05) is 78.2 Å². The average molecular weight is 1460 g/mol. The number of alkyl halides is 1. The number of nitrogens with two attached hydrogens (primary N) is 1. The second-order valence-electron chi connectivity index (χ2n) is 21.0. The fourth-order valence-corrected chi connectivity index (χ4v) is 7.87. The maximum Gasteiger partial charge on any atom is 1.00 e. The Kier molecular flexibility index (Phi) is 48.0. The van der Waals surface area contributed by atoms with E-state index in [1.807, 2.05) is 27.6 Å². The molecule has 3 aliphatic heterocycles. The summed E-state index contributed by atoms with van der Waals surface area (Å²) in [5.41, 5.74) is 8.85. The van der Waals surface area contributed by atoms with Gasteiger partial charge >= 0.3 is 78.7 Å². The third-order valence-corrected chi connectivity index (χ3v) is 18.5. The minimum absolute atomic E-state index is 0. The first-order valence-electron chi connectivity index (χ1n) is 27.1. The second kappa shape index (κ2) is 47.2. The van der Waals surface area contributed by atoms with Crippen molar-refractivity contribution in [3.05, 3.63) is 154 Å². The predicted molar refractivity (Wildman–Crippen MR) is 347 cm³/mol. The van der Waals surface area contributed by atoms with Gasteiger partial charge in [0.2, 0.25) is 0 Å². The van der Waals surface area contributed by atoms with Gasteiger partial charge in [0, 0.05) is 57.6 Å². The number of carbonyl (C=O) groups excluding carboxylic acids is 9. The Labute approximate surface area is 596 Å². The largest absolute Gasteiger partial charge is 1.00 e.